The van der Waals surface area contributed by atoms with Crippen LogP contribution in [0.3, 0.4) is 0 Å². The fraction of sp³-hybridized carbons (Fsp3) is 0.0189. The molecule has 0 amide bonds. The molecule has 262 valence electrons. The average molecular weight is 714 g/mol. The van der Waals surface area contributed by atoms with Crippen molar-refractivity contribution in [3.63, 3.8) is 0 Å². The summed E-state index contributed by atoms with van der Waals surface area (Å²) < 4.78 is 2.42. The Morgan fingerprint density at radius 2 is 0.893 bits per heavy atom. The molecule has 0 aliphatic heterocycles. The van der Waals surface area contributed by atoms with Gasteiger partial charge in [-0.05, 0) is 63.7 Å². The van der Waals surface area contributed by atoms with Crippen LogP contribution in [0.1, 0.15) is 11.1 Å². The summed E-state index contributed by atoms with van der Waals surface area (Å²) in [5.41, 5.74) is 18.5. The van der Waals surface area contributed by atoms with Gasteiger partial charge in [-0.25, -0.2) is 9.97 Å². The standard InChI is InChI=1S/C53H35N3/c1-4-16-35(17-5-1)37-20-12-23-40(32-37)50-48-34-47-42(27-14-29-45(47)51(48)55-53(54-50)36-18-6-2-7-19-36)38-21-13-22-39(33-38)43-28-15-30-46-44-26-10-11-31-49(44)56(52(43)46)41-24-8-3-9-25-41/h1-33H,34H2. The minimum Gasteiger partial charge on any atom is -0.309 e. The van der Waals surface area contributed by atoms with E-state index in [1.165, 1.54) is 71.9 Å². The van der Waals surface area contributed by atoms with Crippen molar-refractivity contribution in [1.29, 1.82) is 0 Å². The van der Waals surface area contributed by atoms with Crippen molar-refractivity contribution < 1.29 is 0 Å². The number of hydrogen-bond acceptors (Lipinski definition) is 2. The Kier molecular flexibility index (Phi) is 7.56. The summed E-state index contributed by atoms with van der Waals surface area (Å²) in [6, 6.07) is 71.6. The van der Waals surface area contributed by atoms with E-state index in [-0.39, 0.29) is 0 Å². The summed E-state index contributed by atoms with van der Waals surface area (Å²) in [5.74, 6) is 0.742. The highest BCUT2D eigenvalue weighted by atomic mass is 15.0. The maximum atomic E-state index is 5.33. The molecule has 0 saturated heterocycles. The van der Waals surface area contributed by atoms with E-state index in [0.29, 0.717) is 0 Å². The summed E-state index contributed by atoms with van der Waals surface area (Å²) in [5, 5.41) is 2.50. The van der Waals surface area contributed by atoms with Crippen molar-refractivity contribution in [2.45, 2.75) is 6.42 Å². The molecule has 0 unspecified atom stereocenters. The summed E-state index contributed by atoms with van der Waals surface area (Å²) in [4.78, 5) is 10.6. The number of para-hydroxylation sites is 3. The van der Waals surface area contributed by atoms with Crippen LogP contribution < -0.4 is 0 Å². The molecule has 0 atom stereocenters. The Balaban J connectivity index is 1.07. The lowest BCUT2D eigenvalue weighted by Crippen LogP contribution is -1.99. The summed E-state index contributed by atoms with van der Waals surface area (Å²) in [7, 11) is 0. The quantitative estimate of drug-likeness (QED) is 0.172. The van der Waals surface area contributed by atoms with Crippen LogP contribution in [-0.2, 0) is 6.42 Å². The first-order valence-corrected chi connectivity index (χ1v) is 19.2. The van der Waals surface area contributed by atoms with Gasteiger partial charge in [-0.3, -0.25) is 0 Å². The van der Waals surface area contributed by atoms with Crippen LogP contribution in [0.5, 0.6) is 0 Å². The van der Waals surface area contributed by atoms with E-state index in [0.717, 1.165) is 40.4 Å². The monoisotopic (exact) mass is 713 g/mol. The molecular weight excluding hydrogens is 679 g/mol. The molecule has 1 aliphatic rings. The van der Waals surface area contributed by atoms with Crippen LogP contribution in [-0.4, -0.2) is 14.5 Å². The SMILES string of the molecule is c1ccc(-c2cccc(-c3nc(-c4ccccc4)nc4c3Cc3c(-c5cccc(-c6cccc7c8ccccc8n(-c8ccccc8)c67)c5)cccc3-4)c2)cc1. The minimum atomic E-state index is 0.742. The molecule has 3 nitrogen and oxygen atoms in total. The van der Waals surface area contributed by atoms with Crippen LogP contribution >= 0.6 is 0 Å². The molecule has 0 radical (unpaired) electrons. The number of benzene rings is 8. The lowest BCUT2D eigenvalue weighted by Gasteiger charge is -2.14. The molecule has 0 spiro atoms. The second-order valence-electron chi connectivity index (χ2n) is 14.5. The van der Waals surface area contributed by atoms with Crippen molar-refractivity contribution in [1.82, 2.24) is 14.5 Å². The third-order valence-electron chi connectivity index (χ3n) is 11.3. The van der Waals surface area contributed by atoms with Gasteiger partial charge in [0.15, 0.2) is 5.82 Å². The van der Waals surface area contributed by atoms with E-state index in [9.17, 15) is 0 Å². The molecule has 0 fully saturated rings. The number of nitrogens with zero attached hydrogens (tertiary/aromatic N) is 3. The van der Waals surface area contributed by atoms with Gasteiger partial charge in [0.25, 0.3) is 0 Å². The van der Waals surface area contributed by atoms with Crippen molar-refractivity contribution in [2.24, 2.45) is 0 Å². The molecule has 56 heavy (non-hydrogen) atoms. The molecule has 2 heterocycles. The van der Waals surface area contributed by atoms with Crippen LogP contribution in [0.25, 0.3) is 94.8 Å². The summed E-state index contributed by atoms with van der Waals surface area (Å²) in [6.07, 6.45) is 0.753. The van der Waals surface area contributed by atoms with Crippen LogP contribution in [0, 0.1) is 0 Å². The first-order chi connectivity index (χ1) is 27.8. The molecule has 8 aromatic carbocycles. The van der Waals surface area contributed by atoms with E-state index in [4.69, 9.17) is 9.97 Å². The normalized spacial score (nSPS) is 11.9. The van der Waals surface area contributed by atoms with E-state index >= 15 is 0 Å². The third kappa shape index (κ3) is 5.28. The largest absolute Gasteiger partial charge is 0.309 e. The zero-order chi connectivity index (χ0) is 37.0. The van der Waals surface area contributed by atoms with Crippen LogP contribution in [0.4, 0.5) is 0 Å². The van der Waals surface area contributed by atoms with Gasteiger partial charge in [-0.2, -0.15) is 0 Å². The summed E-state index contributed by atoms with van der Waals surface area (Å²) >= 11 is 0. The maximum absolute atomic E-state index is 5.33. The molecule has 11 rings (SSSR count). The number of rotatable bonds is 6. The highest BCUT2D eigenvalue weighted by molar-refractivity contribution is 6.14. The second kappa shape index (κ2) is 13.2. The van der Waals surface area contributed by atoms with Gasteiger partial charge < -0.3 is 4.57 Å². The molecule has 10 aromatic rings. The van der Waals surface area contributed by atoms with E-state index in [1.807, 2.05) is 6.07 Å². The molecule has 0 bridgehead atoms. The zero-order valence-corrected chi connectivity index (χ0v) is 30.6. The van der Waals surface area contributed by atoms with Gasteiger partial charge in [0.2, 0.25) is 0 Å². The molecule has 0 N–H and O–H groups in total. The van der Waals surface area contributed by atoms with Crippen LogP contribution in [0.2, 0.25) is 0 Å². The van der Waals surface area contributed by atoms with Crippen molar-refractivity contribution in [3.8, 4) is 73.0 Å². The predicted molar refractivity (Wildman–Crippen MR) is 232 cm³/mol. The molecule has 0 saturated carbocycles. The Morgan fingerprint density at radius 3 is 1.70 bits per heavy atom. The molecule has 1 aliphatic carbocycles. The fourth-order valence-electron chi connectivity index (χ4n) is 8.70. The van der Waals surface area contributed by atoms with Gasteiger partial charge in [0.1, 0.15) is 0 Å². The number of fused-ring (bicyclic) bond motifs is 6. The van der Waals surface area contributed by atoms with Gasteiger partial charge in [0, 0.05) is 50.7 Å². The lowest BCUT2D eigenvalue weighted by atomic mass is 9.93. The highest BCUT2D eigenvalue weighted by Crippen LogP contribution is 2.46. The Hall–Kier alpha value is -7.36. The Morgan fingerprint density at radius 1 is 0.357 bits per heavy atom. The molecule has 3 heteroatoms. The van der Waals surface area contributed by atoms with Gasteiger partial charge in [0.05, 0.1) is 22.4 Å². The van der Waals surface area contributed by atoms with Crippen molar-refractivity contribution >= 4 is 21.8 Å². The average Bonchev–Trinajstić information content (AvgIpc) is 3.83. The van der Waals surface area contributed by atoms with Crippen molar-refractivity contribution in [3.05, 3.63) is 211 Å². The minimum absolute atomic E-state index is 0.742. The zero-order valence-electron chi connectivity index (χ0n) is 30.6. The van der Waals surface area contributed by atoms with Gasteiger partial charge >= 0.3 is 0 Å². The molecular formula is C53H35N3. The first kappa shape index (κ1) is 32.1. The Bertz CT molecular complexity index is 3090. The maximum Gasteiger partial charge on any atom is 0.160 e. The van der Waals surface area contributed by atoms with Crippen LogP contribution in [0.15, 0.2) is 200 Å². The fourth-order valence-corrected chi connectivity index (χ4v) is 8.70. The summed E-state index contributed by atoms with van der Waals surface area (Å²) in [6.45, 7) is 0. The predicted octanol–water partition coefficient (Wildman–Crippen LogP) is 13.5. The van der Waals surface area contributed by atoms with Crippen molar-refractivity contribution in [2.75, 3.05) is 0 Å². The van der Waals surface area contributed by atoms with Gasteiger partial charge in [-0.15, -0.1) is 0 Å². The second-order valence-corrected chi connectivity index (χ2v) is 14.5. The van der Waals surface area contributed by atoms with E-state index < -0.39 is 0 Å². The van der Waals surface area contributed by atoms with E-state index in [1.54, 1.807) is 0 Å². The smallest absolute Gasteiger partial charge is 0.160 e. The highest BCUT2D eigenvalue weighted by Gasteiger charge is 2.28. The lowest BCUT2D eigenvalue weighted by molar-refractivity contribution is 1.13. The van der Waals surface area contributed by atoms with Gasteiger partial charge in [-0.1, -0.05) is 170 Å². The number of hydrogen-bond donors (Lipinski definition) is 0. The third-order valence-corrected chi connectivity index (χ3v) is 11.3. The first-order valence-electron chi connectivity index (χ1n) is 19.2. The Labute approximate surface area is 325 Å². The van der Waals surface area contributed by atoms with E-state index in [2.05, 4.69) is 199 Å². The molecule has 2 aromatic heterocycles. The topological polar surface area (TPSA) is 30.7 Å². The number of aromatic nitrogens is 3.